The fourth-order valence-corrected chi connectivity index (χ4v) is 5.39. The Morgan fingerprint density at radius 2 is 1.85 bits per heavy atom. The van der Waals surface area contributed by atoms with Crippen LogP contribution >= 0.6 is 0 Å². The van der Waals surface area contributed by atoms with Crippen molar-refractivity contribution in [1.29, 1.82) is 0 Å². The third kappa shape index (κ3) is 5.53. The first-order chi connectivity index (χ1) is 13.1. The highest BCUT2D eigenvalue weighted by molar-refractivity contribution is 7.89. The van der Waals surface area contributed by atoms with Crippen LogP contribution in [0, 0.1) is 5.92 Å². The lowest BCUT2D eigenvalue weighted by Crippen LogP contribution is -2.45. The van der Waals surface area contributed by atoms with E-state index in [0.29, 0.717) is 32.2 Å². The Balaban J connectivity index is 1.43. The molecule has 1 aliphatic carbocycles. The summed E-state index contributed by atoms with van der Waals surface area (Å²) in [5.74, 6) is -0.336. The van der Waals surface area contributed by atoms with Gasteiger partial charge >= 0.3 is 0 Å². The van der Waals surface area contributed by atoms with Gasteiger partial charge in [-0.05, 0) is 44.2 Å². The highest BCUT2D eigenvalue weighted by Crippen LogP contribution is 2.24. The van der Waals surface area contributed by atoms with Crippen molar-refractivity contribution in [1.82, 2.24) is 9.62 Å². The first-order valence-corrected chi connectivity index (χ1v) is 11.5. The van der Waals surface area contributed by atoms with Crippen LogP contribution in [0.1, 0.15) is 44.9 Å². The van der Waals surface area contributed by atoms with Crippen molar-refractivity contribution >= 4 is 15.9 Å². The molecule has 1 amide bonds. The fraction of sp³-hybridized carbons (Fsp3) is 0.650. The molecule has 150 valence electrons. The van der Waals surface area contributed by atoms with Crippen molar-refractivity contribution in [3.05, 3.63) is 30.3 Å². The summed E-state index contributed by atoms with van der Waals surface area (Å²) in [4.78, 5) is 12.7. The second-order valence-corrected chi connectivity index (χ2v) is 9.38. The number of rotatable bonds is 8. The van der Waals surface area contributed by atoms with Gasteiger partial charge in [0.05, 0.1) is 16.9 Å². The van der Waals surface area contributed by atoms with Gasteiger partial charge in [-0.15, -0.1) is 0 Å². The minimum Gasteiger partial charge on any atom is -0.378 e. The molecule has 0 aromatic heterocycles. The number of amides is 1. The normalized spacial score (nSPS) is 22.0. The van der Waals surface area contributed by atoms with Gasteiger partial charge in [0.2, 0.25) is 15.9 Å². The molecule has 7 heteroatoms. The highest BCUT2D eigenvalue weighted by Gasteiger charge is 2.33. The van der Waals surface area contributed by atoms with E-state index in [1.54, 1.807) is 30.3 Å². The summed E-state index contributed by atoms with van der Waals surface area (Å²) in [6, 6.07) is 8.43. The van der Waals surface area contributed by atoms with E-state index in [1.165, 1.54) is 17.1 Å². The van der Waals surface area contributed by atoms with Crippen LogP contribution in [0.3, 0.4) is 0 Å². The Kier molecular flexibility index (Phi) is 7.26. The zero-order valence-electron chi connectivity index (χ0n) is 15.8. The summed E-state index contributed by atoms with van der Waals surface area (Å²) < 4.78 is 32.8. The van der Waals surface area contributed by atoms with Gasteiger partial charge < -0.3 is 10.1 Å². The summed E-state index contributed by atoms with van der Waals surface area (Å²) in [5.41, 5.74) is 0. The largest absolute Gasteiger partial charge is 0.378 e. The molecular formula is C20H30N2O4S. The number of hydrogen-bond acceptors (Lipinski definition) is 4. The van der Waals surface area contributed by atoms with Crippen molar-refractivity contribution in [2.75, 3.05) is 26.2 Å². The van der Waals surface area contributed by atoms with Gasteiger partial charge in [-0.25, -0.2) is 8.42 Å². The number of sulfonamides is 1. The van der Waals surface area contributed by atoms with E-state index < -0.39 is 10.0 Å². The fourth-order valence-electron chi connectivity index (χ4n) is 3.85. The molecule has 0 radical (unpaired) electrons. The van der Waals surface area contributed by atoms with E-state index in [0.717, 1.165) is 25.7 Å². The molecule has 0 bridgehead atoms. The Morgan fingerprint density at radius 3 is 2.59 bits per heavy atom. The molecule has 1 aromatic rings. The molecule has 1 saturated carbocycles. The van der Waals surface area contributed by atoms with Gasteiger partial charge in [0.15, 0.2) is 0 Å². The Labute approximate surface area is 162 Å². The molecule has 2 fully saturated rings. The third-order valence-electron chi connectivity index (χ3n) is 5.41. The summed E-state index contributed by atoms with van der Waals surface area (Å²) in [5, 5.41) is 2.95. The molecule has 3 rings (SSSR count). The van der Waals surface area contributed by atoms with Crippen molar-refractivity contribution in [2.45, 2.75) is 55.9 Å². The van der Waals surface area contributed by atoms with E-state index >= 15 is 0 Å². The summed E-state index contributed by atoms with van der Waals surface area (Å²) in [7, 11) is -3.53. The second kappa shape index (κ2) is 9.66. The average Bonchev–Trinajstić information content (AvgIpc) is 3.22. The van der Waals surface area contributed by atoms with Crippen LogP contribution in [-0.2, 0) is 19.6 Å². The minimum atomic E-state index is -3.53. The molecular weight excluding hydrogens is 364 g/mol. The molecule has 0 spiro atoms. The molecule has 1 N–H and O–H groups in total. The number of piperidine rings is 1. The molecule has 1 saturated heterocycles. The topological polar surface area (TPSA) is 75.7 Å². The number of carbonyl (C=O) groups is 1. The van der Waals surface area contributed by atoms with Crippen molar-refractivity contribution in [3.8, 4) is 0 Å². The molecule has 2 aliphatic rings. The first-order valence-electron chi connectivity index (χ1n) is 10.0. The second-order valence-electron chi connectivity index (χ2n) is 7.44. The maximum Gasteiger partial charge on any atom is 0.243 e. The Morgan fingerprint density at radius 1 is 1.11 bits per heavy atom. The Hall–Kier alpha value is -1.44. The van der Waals surface area contributed by atoms with Crippen LogP contribution in [0.15, 0.2) is 35.2 Å². The number of carbonyl (C=O) groups excluding carboxylic acids is 1. The highest BCUT2D eigenvalue weighted by atomic mass is 32.2. The quantitative estimate of drug-likeness (QED) is 0.688. The standard InChI is InChI=1S/C20H30N2O4S/c23-20(21-13-7-15-26-18-9-4-5-10-18)17-8-6-14-22(16-17)27(24,25)19-11-2-1-3-12-19/h1-3,11-12,17-18H,4-10,13-16H2,(H,21,23). The predicted molar refractivity (Wildman–Crippen MR) is 104 cm³/mol. The average molecular weight is 395 g/mol. The number of ether oxygens (including phenoxy) is 1. The molecule has 27 heavy (non-hydrogen) atoms. The molecule has 1 atom stereocenters. The number of nitrogens with zero attached hydrogens (tertiary/aromatic N) is 1. The van der Waals surface area contributed by atoms with Crippen molar-refractivity contribution in [3.63, 3.8) is 0 Å². The van der Waals surface area contributed by atoms with Crippen LogP contribution in [-0.4, -0.2) is 51.0 Å². The van der Waals surface area contributed by atoms with Gasteiger partial charge in [-0.3, -0.25) is 4.79 Å². The first kappa shape index (κ1) is 20.3. The van der Waals surface area contributed by atoms with Gasteiger partial charge in [0.25, 0.3) is 0 Å². The van der Waals surface area contributed by atoms with Crippen LogP contribution in [0.5, 0.6) is 0 Å². The van der Waals surface area contributed by atoms with Gasteiger partial charge in [-0.1, -0.05) is 31.0 Å². The van der Waals surface area contributed by atoms with E-state index in [1.807, 2.05) is 0 Å². The van der Waals surface area contributed by atoms with E-state index in [2.05, 4.69) is 5.32 Å². The Bertz CT molecular complexity index is 702. The smallest absolute Gasteiger partial charge is 0.243 e. The van der Waals surface area contributed by atoms with Gasteiger partial charge in [0.1, 0.15) is 0 Å². The lowest BCUT2D eigenvalue weighted by atomic mass is 9.99. The lowest BCUT2D eigenvalue weighted by Gasteiger charge is -2.31. The van der Waals surface area contributed by atoms with Crippen molar-refractivity contribution < 1.29 is 17.9 Å². The number of hydrogen-bond donors (Lipinski definition) is 1. The maximum absolute atomic E-state index is 12.8. The van der Waals surface area contributed by atoms with E-state index in [4.69, 9.17) is 4.74 Å². The van der Waals surface area contributed by atoms with Crippen LogP contribution in [0.2, 0.25) is 0 Å². The van der Waals surface area contributed by atoms with Crippen molar-refractivity contribution in [2.24, 2.45) is 5.92 Å². The molecule has 1 heterocycles. The van der Waals surface area contributed by atoms with E-state index in [-0.39, 0.29) is 23.3 Å². The SMILES string of the molecule is O=C(NCCCOC1CCCC1)C1CCCN(S(=O)(=O)c2ccccc2)C1. The molecule has 1 unspecified atom stereocenters. The summed E-state index contributed by atoms with van der Waals surface area (Å²) >= 11 is 0. The summed E-state index contributed by atoms with van der Waals surface area (Å²) in [6.45, 7) is 1.97. The summed E-state index contributed by atoms with van der Waals surface area (Å²) in [6.07, 6.45) is 7.44. The van der Waals surface area contributed by atoms with Crippen LogP contribution < -0.4 is 5.32 Å². The molecule has 1 aromatic carbocycles. The maximum atomic E-state index is 12.8. The number of benzene rings is 1. The van der Waals surface area contributed by atoms with Crippen LogP contribution in [0.25, 0.3) is 0 Å². The van der Waals surface area contributed by atoms with Gasteiger partial charge in [-0.2, -0.15) is 4.31 Å². The van der Waals surface area contributed by atoms with E-state index in [9.17, 15) is 13.2 Å². The monoisotopic (exact) mass is 394 g/mol. The third-order valence-corrected chi connectivity index (χ3v) is 7.29. The molecule has 1 aliphatic heterocycles. The lowest BCUT2D eigenvalue weighted by molar-refractivity contribution is -0.126. The predicted octanol–water partition coefficient (Wildman–Crippen LogP) is 2.55. The van der Waals surface area contributed by atoms with Crippen LogP contribution in [0.4, 0.5) is 0 Å². The molecule has 6 nitrogen and oxygen atoms in total. The van der Waals surface area contributed by atoms with Gasteiger partial charge in [0, 0.05) is 26.2 Å². The number of nitrogens with one attached hydrogen (secondary N) is 1. The zero-order valence-corrected chi connectivity index (χ0v) is 16.6. The minimum absolute atomic E-state index is 0.0520. The zero-order chi connectivity index (χ0) is 19.1.